The van der Waals surface area contributed by atoms with Crippen LogP contribution in [0.25, 0.3) is 44.5 Å². The van der Waals surface area contributed by atoms with E-state index in [4.69, 9.17) is 9.47 Å². The molecule has 3 aliphatic carbocycles. The van der Waals surface area contributed by atoms with Crippen molar-refractivity contribution in [1.29, 1.82) is 0 Å². The summed E-state index contributed by atoms with van der Waals surface area (Å²) in [5, 5.41) is 0. The molecule has 0 radical (unpaired) electrons. The van der Waals surface area contributed by atoms with Crippen LogP contribution in [0.5, 0.6) is 23.0 Å². The monoisotopic (exact) mass is 781 g/mol. The number of benzene rings is 9. The molecule has 0 atom stereocenters. The fourth-order valence-corrected chi connectivity index (χ4v) is 11.0. The highest BCUT2D eigenvalue weighted by atomic mass is 16.6. The largest absolute Gasteiger partial charge is 0.449 e. The van der Waals surface area contributed by atoms with Gasteiger partial charge in [-0.3, -0.25) is 0 Å². The van der Waals surface area contributed by atoms with Gasteiger partial charge in [0.25, 0.3) is 0 Å². The third-order valence-corrected chi connectivity index (χ3v) is 13.7. The minimum Gasteiger partial charge on any atom is -0.449 e. The van der Waals surface area contributed by atoms with Gasteiger partial charge in [-0.1, -0.05) is 153 Å². The second-order valence-corrected chi connectivity index (χ2v) is 17.2. The lowest BCUT2D eigenvalue weighted by Gasteiger charge is -2.31. The molecule has 0 bridgehead atoms. The number of ether oxygens (including phenoxy) is 2. The summed E-state index contributed by atoms with van der Waals surface area (Å²) in [5.74, 6) is 2.81. The first kappa shape index (κ1) is 34.3. The van der Waals surface area contributed by atoms with E-state index in [1.807, 2.05) is 6.07 Å². The quantitative estimate of drug-likeness (QED) is 0.177. The van der Waals surface area contributed by atoms with E-state index >= 15 is 0 Å². The van der Waals surface area contributed by atoms with Crippen LogP contribution in [0.3, 0.4) is 0 Å². The van der Waals surface area contributed by atoms with Gasteiger partial charge in [-0.15, -0.1) is 0 Å². The van der Waals surface area contributed by atoms with Crippen LogP contribution < -0.4 is 14.4 Å². The van der Waals surface area contributed by atoms with E-state index in [1.54, 1.807) is 0 Å². The third kappa shape index (κ3) is 4.69. The first-order valence-electron chi connectivity index (χ1n) is 21.2. The summed E-state index contributed by atoms with van der Waals surface area (Å²) >= 11 is 0. The predicted molar refractivity (Wildman–Crippen MR) is 247 cm³/mol. The van der Waals surface area contributed by atoms with Gasteiger partial charge in [0.1, 0.15) is 0 Å². The Morgan fingerprint density at radius 3 is 1.46 bits per heavy atom. The van der Waals surface area contributed by atoms with E-state index in [9.17, 15) is 0 Å². The molecule has 0 aromatic heterocycles. The highest BCUT2D eigenvalue weighted by Gasteiger charge is 2.52. The second-order valence-electron chi connectivity index (χ2n) is 17.2. The number of nitrogens with zero attached hydrogens (tertiary/aromatic N) is 1. The lowest BCUT2D eigenvalue weighted by Crippen LogP contribution is -2.25. The number of hydrogen-bond donors (Lipinski definition) is 0. The van der Waals surface area contributed by atoms with E-state index in [2.05, 4.69) is 213 Å². The van der Waals surface area contributed by atoms with E-state index in [0.717, 1.165) is 22.8 Å². The molecule has 9 aromatic carbocycles. The Morgan fingerprint density at radius 1 is 0.311 bits per heavy atom. The highest BCUT2D eigenvalue weighted by Crippen LogP contribution is 2.65. The summed E-state index contributed by atoms with van der Waals surface area (Å²) in [6.07, 6.45) is 0. The van der Waals surface area contributed by atoms with Crippen LogP contribution in [-0.4, -0.2) is 0 Å². The third-order valence-electron chi connectivity index (χ3n) is 13.7. The summed E-state index contributed by atoms with van der Waals surface area (Å²) in [7, 11) is 0. The number of para-hydroxylation sites is 1. The van der Waals surface area contributed by atoms with Crippen molar-refractivity contribution in [3.05, 3.63) is 234 Å². The normalized spacial score (nSPS) is 14.6. The minimum absolute atomic E-state index is 0.0510. The van der Waals surface area contributed by atoms with Crippen molar-refractivity contribution in [1.82, 2.24) is 0 Å². The maximum absolute atomic E-state index is 6.94. The molecule has 288 valence electrons. The van der Waals surface area contributed by atoms with Gasteiger partial charge in [-0.05, 0) is 132 Å². The van der Waals surface area contributed by atoms with Gasteiger partial charge in [0, 0.05) is 22.9 Å². The lowest BCUT2D eigenvalue weighted by molar-refractivity contribution is 0.359. The number of fused-ring (bicyclic) bond motifs is 15. The molecule has 0 fully saturated rings. The van der Waals surface area contributed by atoms with Gasteiger partial charge in [0.05, 0.1) is 11.1 Å². The Hall–Kier alpha value is -7.62. The highest BCUT2D eigenvalue weighted by molar-refractivity contribution is 5.96. The number of rotatable bonds is 4. The van der Waals surface area contributed by atoms with Crippen molar-refractivity contribution in [3.8, 4) is 67.5 Å². The number of anilines is 3. The first-order chi connectivity index (χ1) is 30.0. The Labute approximate surface area is 355 Å². The zero-order valence-corrected chi connectivity index (χ0v) is 33.8. The van der Waals surface area contributed by atoms with E-state index in [-0.39, 0.29) is 5.41 Å². The molecule has 0 N–H and O–H groups in total. The van der Waals surface area contributed by atoms with Crippen LogP contribution in [-0.2, 0) is 10.8 Å². The molecule has 1 aliphatic heterocycles. The summed E-state index contributed by atoms with van der Waals surface area (Å²) < 4.78 is 13.7. The summed E-state index contributed by atoms with van der Waals surface area (Å²) in [6, 6.07) is 72.5. The molecule has 3 nitrogen and oxygen atoms in total. The molecule has 4 aliphatic rings. The molecule has 1 spiro atoms. The average molecular weight is 782 g/mol. The van der Waals surface area contributed by atoms with Crippen LogP contribution in [0.1, 0.15) is 47.2 Å². The lowest BCUT2D eigenvalue weighted by atomic mass is 9.70. The average Bonchev–Trinajstić information content (AvgIpc) is 3.86. The summed E-state index contributed by atoms with van der Waals surface area (Å²) in [4.78, 5) is 2.28. The van der Waals surface area contributed by atoms with E-state index in [0.29, 0.717) is 17.2 Å². The van der Waals surface area contributed by atoms with Gasteiger partial charge in [-0.2, -0.15) is 0 Å². The molecule has 0 unspecified atom stereocenters. The molecular formula is C58H39NO2. The fourth-order valence-electron chi connectivity index (χ4n) is 11.0. The maximum Gasteiger partial charge on any atom is 0.172 e. The summed E-state index contributed by atoms with van der Waals surface area (Å²) in [6.45, 7) is 4.67. The van der Waals surface area contributed by atoms with E-state index in [1.165, 1.54) is 77.9 Å². The van der Waals surface area contributed by atoms with Gasteiger partial charge in [-0.25, -0.2) is 0 Å². The van der Waals surface area contributed by atoms with E-state index < -0.39 is 5.41 Å². The second kappa shape index (κ2) is 12.5. The SMILES string of the molecule is CC1(C)c2ccccc2-c2ccc(-c3ccc(N(c4ccccc4)c4ccc5c(c4)Oc4cc6c(cc4O5)-c4ccccc4C64c5ccccc5-c5ccccc54)cc3)cc21. The molecule has 61 heavy (non-hydrogen) atoms. The maximum atomic E-state index is 6.94. The molecule has 0 saturated carbocycles. The Morgan fingerprint density at radius 2 is 0.787 bits per heavy atom. The first-order valence-corrected chi connectivity index (χ1v) is 21.2. The molecular weight excluding hydrogens is 743 g/mol. The fraction of sp³-hybridized carbons (Fsp3) is 0.0690. The van der Waals surface area contributed by atoms with Gasteiger partial charge >= 0.3 is 0 Å². The van der Waals surface area contributed by atoms with Crippen molar-refractivity contribution in [3.63, 3.8) is 0 Å². The van der Waals surface area contributed by atoms with Crippen molar-refractivity contribution >= 4 is 17.1 Å². The van der Waals surface area contributed by atoms with Gasteiger partial charge in [0.2, 0.25) is 0 Å². The van der Waals surface area contributed by atoms with Crippen molar-refractivity contribution in [2.45, 2.75) is 24.7 Å². The van der Waals surface area contributed by atoms with Crippen molar-refractivity contribution in [2.24, 2.45) is 0 Å². The van der Waals surface area contributed by atoms with Gasteiger partial charge in [0.15, 0.2) is 23.0 Å². The summed E-state index contributed by atoms with van der Waals surface area (Å²) in [5.41, 5.74) is 20.5. The van der Waals surface area contributed by atoms with Crippen LogP contribution in [0.4, 0.5) is 17.1 Å². The molecule has 3 heteroatoms. The van der Waals surface area contributed by atoms with Gasteiger partial charge < -0.3 is 14.4 Å². The van der Waals surface area contributed by atoms with Crippen LogP contribution in [0, 0.1) is 0 Å². The Kier molecular flexibility index (Phi) is 6.99. The van der Waals surface area contributed by atoms with Crippen LogP contribution >= 0.6 is 0 Å². The topological polar surface area (TPSA) is 21.7 Å². The molecule has 1 heterocycles. The standard InChI is InChI=1S/C58H39NO2/c1-57(2)47-20-10-6-16-41(47)45-30-26-37(32-51(45)57)36-24-27-39(28-25-36)59(38-14-4-3-5-15-38)40-29-31-53-54(33-40)61-56-35-52-46(34-55(56)60-53)44-19-9-13-23-50(44)58(52)48-21-11-7-17-42(48)43-18-8-12-22-49(43)58/h3-35H,1-2H3. The van der Waals surface area contributed by atoms with Crippen molar-refractivity contribution in [2.75, 3.05) is 4.90 Å². The molecule has 13 rings (SSSR count). The van der Waals surface area contributed by atoms with Crippen molar-refractivity contribution < 1.29 is 9.47 Å². The molecule has 9 aromatic rings. The smallest absolute Gasteiger partial charge is 0.172 e. The Balaban J connectivity index is 0.885. The Bertz CT molecular complexity index is 3240. The molecule has 0 amide bonds. The number of hydrogen-bond acceptors (Lipinski definition) is 3. The van der Waals surface area contributed by atoms with Crippen LogP contribution in [0.2, 0.25) is 0 Å². The zero-order valence-electron chi connectivity index (χ0n) is 33.8. The molecule has 0 saturated heterocycles. The predicted octanol–water partition coefficient (Wildman–Crippen LogP) is 15.4. The van der Waals surface area contributed by atoms with Crippen LogP contribution in [0.15, 0.2) is 200 Å². The zero-order chi connectivity index (χ0) is 40.5. The minimum atomic E-state index is -0.461.